The lowest BCUT2D eigenvalue weighted by Gasteiger charge is -2.36. The Labute approximate surface area is 308 Å². The molecule has 2 nitrogen and oxygen atoms in total. The lowest BCUT2D eigenvalue weighted by atomic mass is 9.57. The molecule has 0 radical (unpaired) electrons. The molecule has 9 aromatic carbocycles. The van der Waals surface area contributed by atoms with Crippen LogP contribution in [0.25, 0.3) is 76.7 Å². The zero-order chi connectivity index (χ0) is 34.9. The van der Waals surface area contributed by atoms with E-state index in [0.717, 1.165) is 13.0 Å². The van der Waals surface area contributed by atoms with Crippen LogP contribution in [0.15, 0.2) is 188 Å². The van der Waals surface area contributed by atoms with Gasteiger partial charge >= 0.3 is 0 Å². The smallest absolute Gasteiger partial charge is 0.198 e. The third-order valence-electron chi connectivity index (χ3n) is 11.2. The fourth-order valence-corrected chi connectivity index (χ4v) is 8.73. The van der Waals surface area contributed by atoms with E-state index in [1.54, 1.807) is 0 Å². The SMILES string of the molecule is B1c2cc(-c3ccccc3)ccc2N(c2ccc(-c3ccccc3)cc2)c2c1c(-c1cccc3c1[nH]c1ccc4ccccc4c13)cc1ccccc21. The lowest BCUT2D eigenvalue weighted by molar-refractivity contribution is 1.31. The number of hydrogen-bond acceptors (Lipinski definition) is 1. The molecule has 1 aliphatic heterocycles. The van der Waals surface area contributed by atoms with Gasteiger partial charge in [0.1, 0.15) is 0 Å². The number of H-pyrrole nitrogens is 1. The predicted octanol–water partition coefficient (Wildman–Crippen LogP) is 11.8. The molecule has 0 saturated carbocycles. The quantitative estimate of drug-likeness (QED) is 0.184. The standard InChI is InChI=1S/C50H33BN2/c1-3-12-32(13-4-1)34-22-26-38(27-23-34)53-46-29-25-36(33-14-5-2-6-15-33)31-44(46)51-48-43(30-37-17-8-10-19-40(37)50(48)53)41-20-11-21-42-47-39-18-9-7-16-35(39)24-28-45(47)52-49(41)42/h1-31,51-52H. The molecule has 1 aliphatic rings. The third-order valence-corrected chi connectivity index (χ3v) is 11.2. The van der Waals surface area contributed by atoms with E-state index < -0.39 is 0 Å². The number of fused-ring (bicyclic) bond motifs is 9. The summed E-state index contributed by atoms with van der Waals surface area (Å²) >= 11 is 0. The Hall–Kier alpha value is -6.84. The maximum absolute atomic E-state index is 3.89. The zero-order valence-corrected chi connectivity index (χ0v) is 29.1. The first kappa shape index (κ1) is 29.9. The van der Waals surface area contributed by atoms with Crippen LogP contribution in [0.1, 0.15) is 0 Å². The van der Waals surface area contributed by atoms with E-state index in [4.69, 9.17) is 0 Å². The topological polar surface area (TPSA) is 19.0 Å². The molecule has 3 heteroatoms. The molecule has 53 heavy (non-hydrogen) atoms. The molecule has 0 bridgehead atoms. The average molecular weight is 673 g/mol. The van der Waals surface area contributed by atoms with E-state index in [2.05, 4.69) is 198 Å². The van der Waals surface area contributed by atoms with E-state index >= 15 is 0 Å². The van der Waals surface area contributed by atoms with Crippen molar-refractivity contribution in [3.8, 4) is 33.4 Å². The van der Waals surface area contributed by atoms with Crippen molar-refractivity contribution in [3.05, 3.63) is 188 Å². The van der Waals surface area contributed by atoms with Crippen molar-refractivity contribution >= 4 is 78.6 Å². The van der Waals surface area contributed by atoms with Gasteiger partial charge in [-0.05, 0) is 79.8 Å². The number of aromatic nitrogens is 1. The van der Waals surface area contributed by atoms with E-state index in [0.29, 0.717) is 0 Å². The Kier molecular flexibility index (Phi) is 6.68. The number of aromatic amines is 1. The minimum Gasteiger partial charge on any atom is -0.354 e. The zero-order valence-electron chi connectivity index (χ0n) is 29.1. The highest BCUT2D eigenvalue weighted by Gasteiger charge is 2.30. The normalized spacial score (nSPS) is 12.3. The molecule has 0 saturated heterocycles. The van der Waals surface area contributed by atoms with Gasteiger partial charge in [0.05, 0.1) is 5.52 Å². The van der Waals surface area contributed by atoms with Crippen LogP contribution in [-0.4, -0.2) is 12.3 Å². The highest BCUT2D eigenvalue weighted by Crippen LogP contribution is 2.44. The molecular weight excluding hydrogens is 639 g/mol. The van der Waals surface area contributed by atoms with Gasteiger partial charge in [0, 0.05) is 44.3 Å². The number of rotatable bonds is 4. The van der Waals surface area contributed by atoms with Crippen LogP contribution in [0, 0.1) is 0 Å². The summed E-state index contributed by atoms with van der Waals surface area (Å²) < 4.78 is 0. The number of benzene rings is 9. The van der Waals surface area contributed by atoms with Gasteiger partial charge in [0.25, 0.3) is 0 Å². The van der Waals surface area contributed by atoms with Gasteiger partial charge < -0.3 is 9.88 Å². The maximum atomic E-state index is 3.89. The second-order valence-electron chi connectivity index (χ2n) is 14.2. The Morgan fingerprint density at radius 2 is 1.08 bits per heavy atom. The molecule has 10 aromatic rings. The van der Waals surface area contributed by atoms with Gasteiger partial charge in [0.15, 0.2) is 7.28 Å². The highest BCUT2D eigenvalue weighted by molar-refractivity contribution is 6.74. The summed E-state index contributed by atoms with van der Waals surface area (Å²) in [5.74, 6) is 0. The summed E-state index contributed by atoms with van der Waals surface area (Å²) in [7, 11) is 0.823. The molecule has 1 aromatic heterocycles. The summed E-state index contributed by atoms with van der Waals surface area (Å²) in [5, 5.41) is 7.57. The van der Waals surface area contributed by atoms with Crippen molar-refractivity contribution in [2.45, 2.75) is 0 Å². The number of hydrogen-bond donors (Lipinski definition) is 1. The van der Waals surface area contributed by atoms with E-state index in [9.17, 15) is 0 Å². The largest absolute Gasteiger partial charge is 0.354 e. The van der Waals surface area contributed by atoms with Crippen LogP contribution in [0.4, 0.5) is 17.1 Å². The van der Waals surface area contributed by atoms with Gasteiger partial charge in [-0.2, -0.15) is 0 Å². The molecule has 0 fully saturated rings. The van der Waals surface area contributed by atoms with Crippen molar-refractivity contribution < 1.29 is 0 Å². The second kappa shape index (κ2) is 11.9. The van der Waals surface area contributed by atoms with Crippen molar-refractivity contribution in [2.75, 3.05) is 4.90 Å². The minimum atomic E-state index is 0.823. The molecule has 0 aliphatic carbocycles. The summed E-state index contributed by atoms with van der Waals surface area (Å²) in [6.07, 6.45) is 0. The average Bonchev–Trinajstić information content (AvgIpc) is 3.63. The first-order valence-corrected chi connectivity index (χ1v) is 18.4. The van der Waals surface area contributed by atoms with E-state index in [1.807, 2.05) is 0 Å². The van der Waals surface area contributed by atoms with Crippen LogP contribution in [0.2, 0.25) is 0 Å². The van der Waals surface area contributed by atoms with Gasteiger partial charge in [-0.3, -0.25) is 0 Å². The molecule has 11 rings (SSSR count). The summed E-state index contributed by atoms with van der Waals surface area (Å²) in [6, 6.07) is 68.8. The van der Waals surface area contributed by atoms with Crippen LogP contribution in [-0.2, 0) is 0 Å². The Balaban J connectivity index is 1.19. The van der Waals surface area contributed by atoms with Gasteiger partial charge in [-0.1, -0.05) is 163 Å². The minimum absolute atomic E-state index is 0.823. The van der Waals surface area contributed by atoms with Gasteiger partial charge in [0.2, 0.25) is 0 Å². The number of nitrogens with one attached hydrogen (secondary N) is 1. The molecular formula is C50H33BN2. The van der Waals surface area contributed by atoms with Crippen LogP contribution in [0.3, 0.4) is 0 Å². The second-order valence-corrected chi connectivity index (χ2v) is 14.2. The lowest BCUT2D eigenvalue weighted by Crippen LogP contribution is -2.41. The van der Waals surface area contributed by atoms with Crippen molar-refractivity contribution in [2.24, 2.45) is 0 Å². The fraction of sp³-hybridized carbons (Fsp3) is 0. The van der Waals surface area contributed by atoms with E-state index in [-0.39, 0.29) is 0 Å². The molecule has 1 N–H and O–H groups in total. The van der Waals surface area contributed by atoms with Crippen molar-refractivity contribution in [1.29, 1.82) is 0 Å². The predicted molar refractivity (Wildman–Crippen MR) is 228 cm³/mol. The summed E-state index contributed by atoms with van der Waals surface area (Å²) in [4.78, 5) is 6.41. The summed E-state index contributed by atoms with van der Waals surface area (Å²) in [6.45, 7) is 0. The molecule has 0 spiro atoms. The highest BCUT2D eigenvalue weighted by atomic mass is 15.2. The molecule has 246 valence electrons. The van der Waals surface area contributed by atoms with Gasteiger partial charge in [-0.25, -0.2) is 0 Å². The van der Waals surface area contributed by atoms with Crippen LogP contribution in [0.5, 0.6) is 0 Å². The monoisotopic (exact) mass is 672 g/mol. The Bertz CT molecular complexity index is 3020. The number of anilines is 3. The molecule has 0 amide bonds. The Morgan fingerprint density at radius 3 is 1.87 bits per heavy atom. The van der Waals surface area contributed by atoms with Crippen molar-refractivity contribution in [1.82, 2.24) is 4.98 Å². The number of para-hydroxylation sites is 1. The van der Waals surface area contributed by atoms with Gasteiger partial charge in [-0.15, -0.1) is 0 Å². The van der Waals surface area contributed by atoms with Crippen molar-refractivity contribution in [3.63, 3.8) is 0 Å². The molecule has 0 atom stereocenters. The number of nitrogens with zero attached hydrogens (tertiary/aromatic N) is 1. The first-order chi connectivity index (χ1) is 26.3. The van der Waals surface area contributed by atoms with Crippen LogP contribution < -0.4 is 15.8 Å². The fourth-order valence-electron chi connectivity index (χ4n) is 8.73. The van der Waals surface area contributed by atoms with E-state index in [1.165, 1.54) is 99.0 Å². The molecule has 2 heterocycles. The summed E-state index contributed by atoms with van der Waals surface area (Å²) in [5.41, 5.74) is 16.0. The molecule has 0 unspecified atom stereocenters. The first-order valence-electron chi connectivity index (χ1n) is 18.4. The third kappa shape index (κ3) is 4.75. The van der Waals surface area contributed by atoms with Crippen LogP contribution >= 0.6 is 0 Å². The maximum Gasteiger partial charge on any atom is 0.198 e. The Morgan fingerprint density at radius 1 is 0.434 bits per heavy atom.